The minimum absolute atomic E-state index is 0.642. The van der Waals surface area contributed by atoms with Crippen LogP contribution in [0.1, 0.15) is 130 Å². The molecule has 3 fully saturated rings. The fraction of sp³-hybridized carbons (Fsp3) is 0.711. The topological polar surface area (TPSA) is 87.2 Å². The van der Waals surface area contributed by atoms with Crippen molar-refractivity contribution in [3.63, 3.8) is 0 Å². The lowest BCUT2D eigenvalue weighted by Gasteiger charge is -2.29. The molecule has 1 heterocycles. The average molecular weight is 720 g/mol. The summed E-state index contributed by atoms with van der Waals surface area (Å²) in [6.45, 7) is 23.6. The number of hydrogen-bond donors (Lipinski definition) is 5. The van der Waals surface area contributed by atoms with Crippen molar-refractivity contribution >= 4 is 11.4 Å². The summed E-state index contributed by atoms with van der Waals surface area (Å²) < 4.78 is 0. The maximum absolute atomic E-state index is 8.37. The van der Waals surface area contributed by atoms with Gasteiger partial charge in [-0.2, -0.15) is 5.26 Å². The lowest BCUT2D eigenvalue weighted by molar-refractivity contribution is 0.241. The van der Waals surface area contributed by atoms with E-state index in [1.807, 2.05) is 18.2 Å². The Morgan fingerprint density at radius 3 is 1.92 bits per heavy atom. The fourth-order valence-corrected chi connectivity index (χ4v) is 6.70. The van der Waals surface area contributed by atoms with Gasteiger partial charge in [0.1, 0.15) is 0 Å². The molecule has 296 valence electrons. The van der Waals surface area contributed by atoms with E-state index in [0.717, 1.165) is 31.6 Å². The van der Waals surface area contributed by atoms with Crippen molar-refractivity contribution in [3.05, 3.63) is 60.2 Å². The van der Waals surface area contributed by atoms with Crippen LogP contribution in [0.2, 0.25) is 0 Å². The minimum atomic E-state index is 0.642. The van der Waals surface area contributed by atoms with Gasteiger partial charge in [0.2, 0.25) is 0 Å². The quantitative estimate of drug-likeness (QED) is 0.124. The number of benzene rings is 2. The van der Waals surface area contributed by atoms with Crippen LogP contribution in [-0.2, 0) is 0 Å². The van der Waals surface area contributed by atoms with Crippen molar-refractivity contribution in [2.45, 2.75) is 144 Å². The normalized spacial score (nSPS) is 18.6. The predicted molar refractivity (Wildman–Crippen MR) is 230 cm³/mol. The van der Waals surface area contributed by atoms with Gasteiger partial charge in [0.25, 0.3) is 0 Å². The Balaban J connectivity index is 0.000000326. The Kier molecular flexibility index (Phi) is 31.1. The zero-order chi connectivity index (χ0) is 37.9. The van der Waals surface area contributed by atoms with Gasteiger partial charge < -0.3 is 31.5 Å². The second kappa shape index (κ2) is 34.2. The molecule has 0 bridgehead atoms. The van der Waals surface area contributed by atoms with Gasteiger partial charge in [0.15, 0.2) is 0 Å². The standard InChI is InChI=1S/C10H18N2.C10H15N.C9H19N.C9H13N.C7H16N2/c1-9-5-2-3-6-10(9)12-8-4-7-11;1-3-8-11-10-7-5-4-6-9(10)2;2*1-2-8-10-9-6-4-3-5-7-9;1-2-5-9-6-3-8-4-7-9/h9-10,12H,2-6,8H2,1H3;4-7,11H,3,8H2,1-2H3;9-10H,2-8H2,1H3;3-7,10H,2,8H2,1H3;8H,2-7H2,1H3. The monoisotopic (exact) mass is 720 g/mol. The van der Waals surface area contributed by atoms with Gasteiger partial charge in [0.05, 0.1) is 6.07 Å². The number of nitrogens with one attached hydrogen (secondary N) is 5. The van der Waals surface area contributed by atoms with Crippen LogP contribution >= 0.6 is 0 Å². The van der Waals surface area contributed by atoms with Gasteiger partial charge >= 0.3 is 0 Å². The van der Waals surface area contributed by atoms with Gasteiger partial charge in [-0.3, -0.25) is 0 Å². The molecule has 2 aromatic rings. The van der Waals surface area contributed by atoms with Crippen molar-refractivity contribution in [1.82, 2.24) is 20.9 Å². The molecule has 0 aromatic heterocycles. The van der Waals surface area contributed by atoms with Crippen LogP contribution in [0.3, 0.4) is 0 Å². The number of nitriles is 1. The third kappa shape index (κ3) is 25.4. The third-order valence-electron chi connectivity index (χ3n) is 9.86. The van der Waals surface area contributed by atoms with E-state index >= 15 is 0 Å². The minimum Gasteiger partial charge on any atom is -0.385 e. The second-order valence-electron chi connectivity index (χ2n) is 14.6. The molecule has 5 N–H and O–H groups in total. The van der Waals surface area contributed by atoms with Crippen molar-refractivity contribution in [3.8, 4) is 6.07 Å². The van der Waals surface area contributed by atoms with Gasteiger partial charge in [-0.1, -0.05) is 103 Å². The zero-order valence-electron chi connectivity index (χ0n) is 34.6. The molecule has 1 saturated heterocycles. The Bertz CT molecular complexity index is 1070. The molecule has 2 aromatic carbocycles. The lowest BCUT2D eigenvalue weighted by atomic mass is 9.86. The van der Waals surface area contributed by atoms with Crippen molar-refractivity contribution in [2.75, 3.05) is 69.5 Å². The molecule has 52 heavy (non-hydrogen) atoms. The number of aryl methyl sites for hydroxylation is 1. The maximum Gasteiger partial charge on any atom is 0.0635 e. The second-order valence-corrected chi connectivity index (χ2v) is 14.6. The molecular formula is C45H81N7. The first-order chi connectivity index (χ1) is 25.5. The van der Waals surface area contributed by atoms with Gasteiger partial charge in [-0.15, -0.1) is 0 Å². The van der Waals surface area contributed by atoms with E-state index in [1.165, 1.54) is 140 Å². The molecule has 2 aliphatic carbocycles. The molecule has 7 heteroatoms. The number of hydrogen-bond acceptors (Lipinski definition) is 7. The van der Waals surface area contributed by atoms with Crippen molar-refractivity contribution in [1.29, 1.82) is 5.26 Å². The molecule has 7 nitrogen and oxygen atoms in total. The summed E-state index contributed by atoms with van der Waals surface area (Å²) in [5.41, 5.74) is 3.79. The summed E-state index contributed by atoms with van der Waals surface area (Å²) in [5.74, 6) is 0.803. The first-order valence-electron chi connectivity index (χ1n) is 21.3. The first kappa shape index (κ1) is 47.4. The Morgan fingerprint density at radius 1 is 0.692 bits per heavy atom. The summed E-state index contributed by atoms with van der Waals surface area (Å²) in [4.78, 5) is 2.51. The number of nitrogens with zero attached hydrogens (tertiary/aromatic N) is 2. The Morgan fingerprint density at radius 2 is 1.31 bits per heavy atom. The summed E-state index contributed by atoms with van der Waals surface area (Å²) in [6, 6.07) is 22.3. The van der Waals surface area contributed by atoms with E-state index in [9.17, 15) is 0 Å². The zero-order valence-corrected chi connectivity index (χ0v) is 34.6. The predicted octanol–water partition coefficient (Wildman–Crippen LogP) is 10.0. The van der Waals surface area contributed by atoms with Gasteiger partial charge in [-0.25, -0.2) is 0 Å². The van der Waals surface area contributed by atoms with Crippen LogP contribution in [0.5, 0.6) is 0 Å². The van der Waals surface area contributed by atoms with Crippen LogP contribution in [0.25, 0.3) is 0 Å². The molecule has 0 amide bonds. The molecule has 2 unspecified atom stereocenters. The van der Waals surface area contributed by atoms with Gasteiger partial charge in [-0.05, 0) is 101 Å². The SMILES string of the molecule is CC1CCCCC1NCCC#N.CCCN1CCNCC1.CCCNC1CCCCC1.CCCNc1ccccc1.CCCNc1ccccc1C. The van der Waals surface area contributed by atoms with Crippen LogP contribution in [0.15, 0.2) is 54.6 Å². The van der Waals surface area contributed by atoms with E-state index in [0.29, 0.717) is 12.5 Å². The highest BCUT2D eigenvalue weighted by Crippen LogP contribution is 2.23. The van der Waals surface area contributed by atoms with E-state index in [-0.39, 0.29) is 0 Å². The summed E-state index contributed by atoms with van der Waals surface area (Å²) in [5, 5.41) is 25.4. The largest absolute Gasteiger partial charge is 0.385 e. The van der Waals surface area contributed by atoms with Gasteiger partial charge in [0, 0.05) is 75.7 Å². The van der Waals surface area contributed by atoms with Crippen molar-refractivity contribution in [2.24, 2.45) is 5.92 Å². The molecule has 2 atom stereocenters. The fourth-order valence-electron chi connectivity index (χ4n) is 6.70. The average Bonchev–Trinajstić information content (AvgIpc) is 3.19. The van der Waals surface area contributed by atoms with Crippen LogP contribution < -0.4 is 26.6 Å². The number of para-hydroxylation sites is 2. The third-order valence-corrected chi connectivity index (χ3v) is 9.86. The first-order valence-corrected chi connectivity index (χ1v) is 21.3. The molecule has 0 radical (unpaired) electrons. The summed E-state index contributed by atoms with van der Waals surface area (Å²) in [7, 11) is 0. The van der Waals surface area contributed by atoms with E-state index in [4.69, 9.17) is 5.26 Å². The number of anilines is 2. The van der Waals surface area contributed by atoms with E-state index < -0.39 is 0 Å². The highest BCUT2D eigenvalue weighted by molar-refractivity contribution is 5.50. The van der Waals surface area contributed by atoms with E-state index in [2.05, 4.69) is 115 Å². The maximum atomic E-state index is 8.37. The van der Waals surface area contributed by atoms with Crippen LogP contribution in [-0.4, -0.2) is 75.9 Å². The van der Waals surface area contributed by atoms with Crippen LogP contribution in [0, 0.1) is 24.2 Å². The molecule has 2 saturated carbocycles. The smallest absolute Gasteiger partial charge is 0.0635 e. The molecule has 1 aliphatic heterocycles. The van der Waals surface area contributed by atoms with Crippen LogP contribution in [0.4, 0.5) is 11.4 Å². The number of rotatable bonds is 14. The number of piperazine rings is 1. The molecule has 0 spiro atoms. The summed E-state index contributed by atoms with van der Waals surface area (Å²) >= 11 is 0. The molecule has 5 rings (SSSR count). The Labute approximate surface area is 321 Å². The summed E-state index contributed by atoms with van der Waals surface area (Å²) in [6.07, 6.45) is 18.1. The van der Waals surface area contributed by atoms with Crippen molar-refractivity contribution < 1.29 is 0 Å². The molecule has 3 aliphatic rings. The van der Waals surface area contributed by atoms with E-state index in [1.54, 1.807) is 0 Å². The highest BCUT2D eigenvalue weighted by atomic mass is 15.2. The Hall–Kier alpha value is -2.63. The lowest BCUT2D eigenvalue weighted by Crippen LogP contribution is -2.43. The highest BCUT2D eigenvalue weighted by Gasteiger charge is 2.19. The molecular weight excluding hydrogens is 639 g/mol.